The molecule has 2 aromatic carbocycles. The first-order chi connectivity index (χ1) is 14.0. The number of halogens is 1. The fourth-order valence-electron chi connectivity index (χ4n) is 2.33. The maximum Gasteiger partial charge on any atom is 0.264 e. The van der Waals surface area contributed by atoms with E-state index >= 15 is 0 Å². The van der Waals surface area contributed by atoms with Crippen LogP contribution in [0, 0.1) is 5.82 Å². The van der Waals surface area contributed by atoms with E-state index in [1.54, 1.807) is 50.4 Å². The van der Waals surface area contributed by atoms with E-state index in [4.69, 9.17) is 10.6 Å². The van der Waals surface area contributed by atoms with Gasteiger partial charge in [0.2, 0.25) is 5.16 Å². The van der Waals surface area contributed by atoms with E-state index in [1.165, 1.54) is 28.6 Å². The summed E-state index contributed by atoms with van der Waals surface area (Å²) < 4.78 is 19.3. The molecule has 0 bridgehead atoms. The van der Waals surface area contributed by atoms with Crippen LogP contribution in [0.25, 0.3) is 0 Å². The summed E-state index contributed by atoms with van der Waals surface area (Å²) in [5.41, 5.74) is 4.67. The normalized spacial score (nSPS) is 11.3. The summed E-state index contributed by atoms with van der Waals surface area (Å²) in [7, 11) is 1.57. The second-order valence-corrected chi connectivity index (χ2v) is 6.87. The number of rotatable bonds is 8. The summed E-state index contributed by atoms with van der Waals surface area (Å²) in [5, 5.41) is 12.4. The summed E-state index contributed by atoms with van der Waals surface area (Å²) >= 11 is 1.17. The average Bonchev–Trinajstić information content (AvgIpc) is 3.10. The van der Waals surface area contributed by atoms with Crippen LogP contribution in [-0.4, -0.2) is 39.2 Å². The number of nitrogen functional groups attached to an aromatic ring is 1. The lowest BCUT2D eigenvalue weighted by Gasteiger charge is -2.05. The molecule has 1 heterocycles. The number of hydrazone groups is 1. The zero-order chi connectivity index (χ0) is 20.8. The summed E-state index contributed by atoms with van der Waals surface area (Å²) in [5.74, 6) is 6.64. The van der Waals surface area contributed by atoms with Crippen molar-refractivity contribution in [3.8, 4) is 5.75 Å². The highest BCUT2D eigenvalue weighted by Crippen LogP contribution is 2.19. The van der Waals surface area contributed by atoms with Crippen molar-refractivity contribution in [1.29, 1.82) is 0 Å². The third-order valence-electron chi connectivity index (χ3n) is 3.99. The standard InChI is InChI=1S/C19H19FN6O2S/c1-12(13-3-7-15(20)8-4-13)22-23-18-24-25-19(26(18)21)29-11-17(27)14-5-9-16(28-2)10-6-14/h3-10H,11,21H2,1-2H3,(H,23,24)/b22-12+. The van der Waals surface area contributed by atoms with Crippen molar-refractivity contribution in [3.05, 3.63) is 65.5 Å². The van der Waals surface area contributed by atoms with Gasteiger partial charge in [-0.2, -0.15) is 5.10 Å². The number of ether oxygens (including phenoxy) is 1. The monoisotopic (exact) mass is 414 g/mol. The third kappa shape index (κ3) is 5.11. The zero-order valence-electron chi connectivity index (χ0n) is 15.8. The molecule has 3 rings (SSSR count). The van der Waals surface area contributed by atoms with Crippen LogP contribution < -0.4 is 16.0 Å². The van der Waals surface area contributed by atoms with E-state index in [0.29, 0.717) is 22.2 Å². The van der Waals surface area contributed by atoms with Crippen LogP contribution in [0.5, 0.6) is 5.75 Å². The highest BCUT2D eigenvalue weighted by molar-refractivity contribution is 7.99. The molecular weight excluding hydrogens is 395 g/mol. The van der Waals surface area contributed by atoms with Gasteiger partial charge < -0.3 is 10.6 Å². The average molecular weight is 414 g/mol. The van der Waals surface area contributed by atoms with E-state index in [-0.39, 0.29) is 23.3 Å². The highest BCUT2D eigenvalue weighted by atomic mass is 32.2. The van der Waals surface area contributed by atoms with Crippen molar-refractivity contribution in [1.82, 2.24) is 14.9 Å². The van der Waals surface area contributed by atoms with Crippen molar-refractivity contribution in [3.63, 3.8) is 0 Å². The maximum absolute atomic E-state index is 13.0. The van der Waals surface area contributed by atoms with Crippen LogP contribution >= 0.6 is 11.8 Å². The fourth-order valence-corrected chi connectivity index (χ4v) is 3.08. The Balaban J connectivity index is 1.60. The first kappa shape index (κ1) is 20.3. The molecule has 0 atom stereocenters. The molecule has 29 heavy (non-hydrogen) atoms. The number of Topliss-reactive ketones (excluding diaryl/α,β-unsaturated/α-hetero) is 1. The minimum atomic E-state index is -0.318. The Morgan fingerprint density at radius 2 is 1.83 bits per heavy atom. The molecule has 0 saturated carbocycles. The molecule has 8 nitrogen and oxygen atoms in total. The Kier molecular flexibility index (Phi) is 6.45. The molecule has 150 valence electrons. The van der Waals surface area contributed by atoms with Crippen LogP contribution in [0.4, 0.5) is 10.3 Å². The fraction of sp³-hybridized carbons (Fsp3) is 0.158. The van der Waals surface area contributed by atoms with Gasteiger partial charge in [-0.25, -0.2) is 14.5 Å². The Morgan fingerprint density at radius 1 is 1.17 bits per heavy atom. The maximum atomic E-state index is 13.0. The quantitative estimate of drug-likeness (QED) is 0.192. The van der Waals surface area contributed by atoms with Crippen molar-refractivity contribution in [2.75, 3.05) is 24.1 Å². The molecule has 0 aliphatic carbocycles. The van der Waals surface area contributed by atoms with Crippen LogP contribution in [0.1, 0.15) is 22.8 Å². The minimum absolute atomic E-state index is 0.0691. The summed E-state index contributed by atoms with van der Waals surface area (Å²) in [6.07, 6.45) is 0. The van der Waals surface area contributed by atoms with E-state index < -0.39 is 0 Å². The number of methoxy groups -OCH3 is 1. The van der Waals surface area contributed by atoms with Gasteiger partial charge in [0, 0.05) is 5.56 Å². The molecule has 0 radical (unpaired) electrons. The van der Waals surface area contributed by atoms with Gasteiger partial charge in [-0.3, -0.25) is 4.79 Å². The topological polar surface area (TPSA) is 107 Å². The number of nitrogens with zero attached hydrogens (tertiary/aromatic N) is 4. The van der Waals surface area contributed by atoms with E-state index in [2.05, 4.69) is 20.7 Å². The number of nitrogens with one attached hydrogen (secondary N) is 1. The molecule has 0 saturated heterocycles. The van der Waals surface area contributed by atoms with Gasteiger partial charge >= 0.3 is 0 Å². The van der Waals surface area contributed by atoms with Gasteiger partial charge in [0.15, 0.2) is 5.78 Å². The largest absolute Gasteiger partial charge is 0.497 e. The molecular formula is C19H19FN6O2S. The van der Waals surface area contributed by atoms with Crippen molar-refractivity contribution in [2.45, 2.75) is 12.1 Å². The van der Waals surface area contributed by atoms with Gasteiger partial charge in [0.1, 0.15) is 11.6 Å². The van der Waals surface area contributed by atoms with Crippen LogP contribution in [0.2, 0.25) is 0 Å². The van der Waals surface area contributed by atoms with Crippen LogP contribution in [-0.2, 0) is 0 Å². The summed E-state index contributed by atoms with van der Waals surface area (Å²) in [6.45, 7) is 1.76. The molecule has 0 amide bonds. The lowest BCUT2D eigenvalue weighted by atomic mass is 10.1. The lowest BCUT2D eigenvalue weighted by Crippen LogP contribution is -2.14. The Labute approximate surface area is 170 Å². The first-order valence-corrected chi connectivity index (χ1v) is 9.53. The molecule has 3 aromatic rings. The molecule has 0 aliphatic heterocycles. The smallest absolute Gasteiger partial charge is 0.264 e. The number of carbonyl (C=O) groups excluding carboxylic acids is 1. The SMILES string of the molecule is COc1ccc(C(=O)CSc2nnc(N/N=C(\C)c3ccc(F)cc3)n2N)cc1. The van der Waals surface area contributed by atoms with Crippen molar-refractivity contribution >= 4 is 29.2 Å². The minimum Gasteiger partial charge on any atom is -0.497 e. The van der Waals surface area contributed by atoms with E-state index in [0.717, 1.165) is 5.56 Å². The molecule has 10 heteroatoms. The van der Waals surface area contributed by atoms with Crippen LogP contribution in [0.3, 0.4) is 0 Å². The Morgan fingerprint density at radius 3 is 2.48 bits per heavy atom. The summed E-state index contributed by atoms with van der Waals surface area (Å²) in [4.78, 5) is 12.3. The zero-order valence-corrected chi connectivity index (χ0v) is 16.6. The Hall–Kier alpha value is -3.40. The molecule has 0 fully saturated rings. The second-order valence-electron chi connectivity index (χ2n) is 5.93. The number of hydrogen-bond acceptors (Lipinski definition) is 8. The lowest BCUT2D eigenvalue weighted by molar-refractivity contribution is 0.102. The van der Waals surface area contributed by atoms with Crippen LogP contribution in [0.15, 0.2) is 58.8 Å². The number of thioether (sulfide) groups is 1. The van der Waals surface area contributed by atoms with E-state index in [9.17, 15) is 9.18 Å². The number of nitrogens with two attached hydrogens (primary N) is 1. The summed E-state index contributed by atoms with van der Waals surface area (Å²) in [6, 6.07) is 12.8. The highest BCUT2D eigenvalue weighted by Gasteiger charge is 2.13. The van der Waals surface area contributed by atoms with Crippen molar-refractivity contribution in [2.24, 2.45) is 5.10 Å². The van der Waals surface area contributed by atoms with Gasteiger partial charge in [-0.05, 0) is 48.9 Å². The number of ketones is 1. The van der Waals surface area contributed by atoms with Gasteiger partial charge in [-0.15, -0.1) is 10.2 Å². The van der Waals surface area contributed by atoms with Crippen molar-refractivity contribution < 1.29 is 13.9 Å². The van der Waals surface area contributed by atoms with E-state index in [1.807, 2.05) is 0 Å². The number of anilines is 1. The number of benzene rings is 2. The van der Waals surface area contributed by atoms with Gasteiger partial charge in [0.05, 0.1) is 18.6 Å². The predicted octanol–water partition coefficient (Wildman–Crippen LogP) is 2.95. The molecule has 0 spiro atoms. The Bertz CT molecular complexity index is 1020. The second kappa shape index (κ2) is 9.20. The molecule has 1 aromatic heterocycles. The number of aromatic nitrogens is 3. The third-order valence-corrected chi connectivity index (χ3v) is 4.94. The number of hydrogen-bond donors (Lipinski definition) is 2. The first-order valence-electron chi connectivity index (χ1n) is 8.54. The molecule has 0 unspecified atom stereocenters. The van der Waals surface area contributed by atoms with Gasteiger partial charge in [-0.1, -0.05) is 23.9 Å². The molecule has 0 aliphatic rings. The van der Waals surface area contributed by atoms with Gasteiger partial charge in [0.25, 0.3) is 5.95 Å². The number of carbonyl (C=O) groups is 1. The molecule has 3 N–H and O–H groups in total. The predicted molar refractivity (Wildman–Crippen MR) is 110 cm³/mol.